The summed E-state index contributed by atoms with van der Waals surface area (Å²) in [6, 6.07) is 4.94. The van der Waals surface area contributed by atoms with E-state index in [1.165, 1.54) is 0 Å². The number of urea groups is 1. The first kappa shape index (κ1) is 20.2. The van der Waals surface area contributed by atoms with Crippen LogP contribution in [0.1, 0.15) is 32.9 Å². The lowest BCUT2D eigenvalue weighted by Gasteiger charge is -2.14. The van der Waals surface area contributed by atoms with E-state index in [2.05, 4.69) is 25.8 Å². The summed E-state index contributed by atoms with van der Waals surface area (Å²) in [5, 5.41) is 8.39. The fourth-order valence-corrected chi connectivity index (χ4v) is 3.91. The number of benzene rings is 1. The minimum atomic E-state index is -0.251. The van der Waals surface area contributed by atoms with Crippen LogP contribution in [0.5, 0.6) is 0 Å². The van der Waals surface area contributed by atoms with Crippen LogP contribution in [0.4, 0.5) is 16.2 Å². The highest BCUT2D eigenvalue weighted by atomic mass is 16.2. The van der Waals surface area contributed by atoms with E-state index in [1.807, 2.05) is 6.92 Å². The highest BCUT2D eigenvalue weighted by Gasteiger charge is 2.26. The Kier molecular flexibility index (Phi) is 5.21. The van der Waals surface area contributed by atoms with Gasteiger partial charge in [0.1, 0.15) is 0 Å². The van der Waals surface area contributed by atoms with Crippen molar-refractivity contribution < 1.29 is 14.4 Å². The van der Waals surface area contributed by atoms with Crippen molar-refractivity contribution in [1.82, 2.24) is 20.5 Å². The molecule has 2 aliphatic heterocycles. The van der Waals surface area contributed by atoms with E-state index in [0.29, 0.717) is 65.6 Å². The van der Waals surface area contributed by atoms with Gasteiger partial charge in [0.2, 0.25) is 0 Å². The van der Waals surface area contributed by atoms with Gasteiger partial charge in [-0.2, -0.15) is 0 Å². The second-order valence-electron chi connectivity index (χ2n) is 7.49. The molecule has 0 bridgehead atoms. The van der Waals surface area contributed by atoms with Crippen LogP contribution < -0.4 is 16.0 Å². The zero-order chi connectivity index (χ0) is 22.1. The molecule has 9 heteroatoms. The SMILES string of the molecule is [C-]#[N+]c1ccc2c(c1)/C(=C/c1[nH]c(C)c(C(=O)NCCN3CCNC3=O)c1C)C(=O)N2. The molecule has 4 amide bonds. The molecule has 2 aliphatic rings. The maximum absolute atomic E-state index is 12.8. The average molecular weight is 418 g/mol. The second kappa shape index (κ2) is 7.99. The lowest BCUT2D eigenvalue weighted by atomic mass is 10.0. The summed E-state index contributed by atoms with van der Waals surface area (Å²) in [5.41, 5.74) is 4.81. The van der Waals surface area contributed by atoms with Gasteiger partial charge >= 0.3 is 6.03 Å². The number of aromatic nitrogens is 1. The summed E-state index contributed by atoms with van der Waals surface area (Å²) in [4.78, 5) is 45.1. The minimum Gasteiger partial charge on any atom is -0.358 e. The van der Waals surface area contributed by atoms with Gasteiger partial charge in [-0.15, -0.1) is 0 Å². The Labute approximate surface area is 179 Å². The molecule has 0 spiro atoms. The molecule has 0 unspecified atom stereocenters. The monoisotopic (exact) mass is 418 g/mol. The number of nitrogens with zero attached hydrogens (tertiary/aromatic N) is 2. The highest BCUT2D eigenvalue weighted by molar-refractivity contribution is 6.35. The number of rotatable bonds is 5. The fraction of sp³-hybridized carbons (Fsp3) is 0.273. The quantitative estimate of drug-likeness (QED) is 0.442. The van der Waals surface area contributed by atoms with Crippen LogP contribution in [0.3, 0.4) is 0 Å². The van der Waals surface area contributed by atoms with Crippen molar-refractivity contribution in [2.75, 3.05) is 31.5 Å². The van der Waals surface area contributed by atoms with Crippen molar-refractivity contribution in [3.63, 3.8) is 0 Å². The number of carbonyl (C=O) groups is 3. The van der Waals surface area contributed by atoms with Gasteiger partial charge in [-0.05, 0) is 37.6 Å². The van der Waals surface area contributed by atoms with Gasteiger partial charge in [0.05, 0.1) is 12.1 Å². The molecule has 1 aromatic carbocycles. The lowest BCUT2D eigenvalue weighted by molar-refractivity contribution is -0.110. The third kappa shape index (κ3) is 3.75. The smallest absolute Gasteiger partial charge is 0.317 e. The van der Waals surface area contributed by atoms with E-state index >= 15 is 0 Å². The summed E-state index contributed by atoms with van der Waals surface area (Å²) < 4.78 is 0. The molecule has 31 heavy (non-hydrogen) atoms. The Bertz CT molecular complexity index is 1170. The number of amides is 4. The number of anilines is 1. The molecule has 1 saturated heterocycles. The first-order valence-electron chi connectivity index (χ1n) is 9.94. The number of nitrogens with one attached hydrogen (secondary N) is 4. The van der Waals surface area contributed by atoms with E-state index in [4.69, 9.17) is 6.57 Å². The molecule has 1 fully saturated rings. The predicted molar refractivity (Wildman–Crippen MR) is 117 cm³/mol. The number of fused-ring (bicyclic) bond motifs is 1. The predicted octanol–water partition coefficient (Wildman–Crippen LogP) is 2.43. The van der Waals surface area contributed by atoms with Gasteiger partial charge in [-0.1, -0.05) is 6.07 Å². The number of carbonyl (C=O) groups excluding carboxylic acids is 3. The number of hydrogen-bond donors (Lipinski definition) is 4. The van der Waals surface area contributed by atoms with Crippen molar-refractivity contribution in [2.24, 2.45) is 0 Å². The third-order valence-electron chi connectivity index (χ3n) is 5.52. The standard InChI is InChI=1S/C22H22N6O3/c1-12-18(11-16-15-10-14(23-3)4-5-17(15)27-20(16)29)26-13(2)19(12)21(30)24-6-8-28-9-7-25-22(28)31/h4-5,10-11,26H,6-9H2,1-2H3,(H,24,30)(H,25,31)(H,27,29)/b16-11-. The van der Waals surface area contributed by atoms with Crippen LogP contribution in [0.15, 0.2) is 18.2 Å². The van der Waals surface area contributed by atoms with Gasteiger partial charge in [0, 0.05) is 54.4 Å². The van der Waals surface area contributed by atoms with Crippen molar-refractivity contribution in [2.45, 2.75) is 13.8 Å². The summed E-state index contributed by atoms with van der Waals surface area (Å²) in [6.45, 7) is 12.9. The van der Waals surface area contributed by atoms with Crippen LogP contribution in [0, 0.1) is 20.4 Å². The minimum absolute atomic E-state index is 0.117. The summed E-state index contributed by atoms with van der Waals surface area (Å²) in [5.74, 6) is -0.485. The molecule has 0 radical (unpaired) electrons. The second-order valence-corrected chi connectivity index (χ2v) is 7.49. The first-order chi connectivity index (χ1) is 14.9. The zero-order valence-electron chi connectivity index (χ0n) is 17.3. The maximum atomic E-state index is 12.8. The van der Waals surface area contributed by atoms with Crippen LogP contribution in [-0.2, 0) is 4.79 Å². The van der Waals surface area contributed by atoms with E-state index in [-0.39, 0.29) is 17.8 Å². The van der Waals surface area contributed by atoms with E-state index < -0.39 is 0 Å². The van der Waals surface area contributed by atoms with E-state index in [9.17, 15) is 14.4 Å². The molecule has 9 nitrogen and oxygen atoms in total. The normalized spacial score (nSPS) is 16.2. The summed E-state index contributed by atoms with van der Waals surface area (Å²) in [6.07, 6.45) is 1.71. The molecule has 3 heterocycles. The summed E-state index contributed by atoms with van der Waals surface area (Å²) >= 11 is 0. The zero-order valence-corrected chi connectivity index (χ0v) is 17.3. The first-order valence-corrected chi connectivity index (χ1v) is 9.94. The molecule has 1 aromatic heterocycles. The molecule has 4 rings (SSSR count). The van der Waals surface area contributed by atoms with Gasteiger partial charge in [-0.25, -0.2) is 9.64 Å². The molecule has 0 saturated carbocycles. The third-order valence-corrected chi connectivity index (χ3v) is 5.52. The Morgan fingerprint density at radius 3 is 2.84 bits per heavy atom. The number of hydrogen-bond acceptors (Lipinski definition) is 3. The maximum Gasteiger partial charge on any atom is 0.317 e. The number of aryl methyl sites for hydroxylation is 1. The molecule has 0 atom stereocenters. The average Bonchev–Trinajstić information content (AvgIpc) is 3.38. The molecule has 158 valence electrons. The Hall–Kier alpha value is -4.06. The van der Waals surface area contributed by atoms with Crippen molar-refractivity contribution >= 4 is 40.9 Å². The van der Waals surface area contributed by atoms with Crippen LogP contribution >= 0.6 is 0 Å². The fourth-order valence-electron chi connectivity index (χ4n) is 3.91. The largest absolute Gasteiger partial charge is 0.358 e. The molecule has 2 aromatic rings. The number of H-pyrrole nitrogens is 1. The molecule has 4 N–H and O–H groups in total. The van der Waals surface area contributed by atoms with Gasteiger partial charge < -0.3 is 25.8 Å². The van der Waals surface area contributed by atoms with E-state index in [1.54, 1.807) is 36.1 Å². The van der Waals surface area contributed by atoms with Crippen LogP contribution in [0.25, 0.3) is 16.5 Å². The van der Waals surface area contributed by atoms with Crippen molar-refractivity contribution in [3.8, 4) is 0 Å². The molecular formula is C22H22N6O3. The van der Waals surface area contributed by atoms with Crippen molar-refractivity contribution in [1.29, 1.82) is 0 Å². The van der Waals surface area contributed by atoms with E-state index in [0.717, 1.165) is 5.56 Å². The van der Waals surface area contributed by atoms with Gasteiger partial charge in [0.15, 0.2) is 5.69 Å². The van der Waals surface area contributed by atoms with Crippen molar-refractivity contribution in [3.05, 3.63) is 57.7 Å². The Morgan fingerprint density at radius 1 is 1.32 bits per heavy atom. The van der Waals surface area contributed by atoms with Gasteiger partial charge in [0.25, 0.3) is 11.8 Å². The van der Waals surface area contributed by atoms with Gasteiger partial charge in [-0.3, -0.25) is 9.59 Å². The number of aromatic amines is 1. The van der Waals surface area contributed by atoms with Crippen LogP contribution in [0.2, 0.25) is 0 Å². The lowest BCUT2D eigenvalue weighted by Crippen LogP contribution is -2.37. The highest BCUT2D eigenvalue weighted by Crippen LogP contribution is 2.36. The summed E-state index contributed by atoms with van der Waals surface area (Å²) in [7, 11) is 0. The topological polar surface area (TPSA) is 111 Å². The molecule has 0 aliphatic carbocycles. The van der Waals surface area contributed by atoms with Crippen LogP contribution in [-0.4, -0.2) is 53.9 Å². The Morgan fingerprint density at radius 2 is 2.13 bits per heavy atom. The Balaban J connectivity index is 1.55. The molecular weight excluding hydrogens is 396 g/mol.